The maximum atomic E-state index is 14.1. The van der Waals surface area contributed by atoms with E-state index in [0.29, 0.717) is 50.4 Å². The van der Waals surface area contributed by atoms with Gasteiger partial charge in [0.2, 0.25) is 5.91 Å². The molecule has 3 heterocycles. The van der Waals surface area contributed by atoms with Gasteiger partial charge in [0.15, 0.2) is 5.65 Å². The smallest absolute Gasteiger partial charge is 0.225 e. The van der Waals surface area contributed by atoms with Gasteiger partial charge in [-0.2, -0.15) is 0 Å². The molecule has 146 valence electrons. The van der Waals surface area contributed by atoms with E-state index in [2.05, 4.69) is 9.97 Å². The number of nitrogens with zero attached hydrogens (tertiary/aromatic N) is 4. The minimum absolute atomic E-state index is 0.0782. The summed E-state index contributed by atoms with van der Waals surface area (Å²) in [6.45, 7) is 4.91. The lowest BCUT2D eigenvalue weighted by molar-refractivity contribution is -0.133. The number of pyridine rings is 1. The Labute approximate surface area is 163 Å². The summed E-state index contributed by atoms with van der Waals surface area (Å²) in [6, 6.07) is 8.49. The molecule has 0 bridgehead atoms. The second kappa shape index (κ2) is 8.06. The molecule has 4 rings (SSSR count). The Morgan fingerprint density at radius 2 is 2.11 bits per heavy atom. The zero-order valence-electron chi connectivity index (χ0n) is 15.9. The van der Waals surface area contributed by atoms with Crippen molar-refractivity contribution in [3.63, 3.8) is 0 Å². The normalized spacial score (nSPS) is 13.7. The van der Waals surface area contributed by atoms with E-state index in [1.165, 1.54) is 6.07 Å². The lowest BCUT2D eigenvalue weighted by atomic mass is 10.1. The first kappa shape index (κ1) is 18.6. The number of halogens is 1. The van der Waals surface area contributed by atoms with Crippen LogP contribution in [-0.4, -0.2) is 45.1 Å². The van der Waals surface area contributed by atoms with Crippen molar-refractivity contribution < 1.29 is 13.9 Å². The van der Waals surface area contributed by atoms with E-state index in [4.69, 9.17) is 4.74 Å². The number of hydrogen-bond donors (Lipinski definition) is 0. The van der Waals surface area contributed by atoms with Gasteiger partial charge in [-0.25, -0.2) is 14.4 Å². The highest BCUT2D eigenvalue weighted by molar-refractivity contribution is 5.80. The predicted molar refractivity (Wildman–Crippen MR) is 104 cm³/mol. The van der Waals surface area contributed by atoms with Gasteiger partial charge < -0.3 is 14.2 Å². The molecule has 0 atom stereocenters. The van der Waals surface area contributed by atoms with Gasteiger partial charge in [-0.3, -0.25) is 4.79 Å². The number of imidazole rings is 1. The first-order valence-electron chi connectivity index (χ1n) is 9.63. The minimum atomic E-state index is -0.283. The molecule has 1 aliphatic rings. The predicted octanol–water partition coefficient (Wildman–Crippen LogP) is 3.40. The number of amides is 1. The zero-order valence-corrected chi connectivity index (χ0v) is 15.9. The van der Waals surface area contributed by atoms with Crippen molar-refractivity contribution in [2.24, 2.45) is 0 Å². The van der Waals surface area contributed by atoms with Crippen LogP contribution in [0.25, 0.3) is 22.3 Å². The van der Waals surface area contributed by atoms with Crippen LogP contribution in [0.15, 0.2) is 36.5 Å². The number of ether oxygens (including phenoxy) is 1. The summed E-state index contributed by atoms with van der Waals surface area (Å²) in [5.41, 5.74) is 2.69. The van der Waals surface area contributed by atoms with Crippen LogP contribution in [0.3, 0.4) is 0 Å². The van der Waals surface area contributed by atoms with Crippen molar-refractivity contribution >= 4 is 17.1 Å². The van der Waals surface area contributed by atoms with Crippen molar-refractivity contribution in [1.29, 1.82) is 0 Å². The molecule has 0 aliphatic carbocycles. The first-order chi connectivity index (χ1) is 13.7. The summed E-state index contributed by atoms with van der Waals surface area (Å²) in [5.74, 6) is 0.603. The SMILES string of the molecule is CCCOCCC(=O)N1CCn2c(nc3cc(-c4ccccc4F)cnc32)C1. The molecule has 0 radical (unpaired) electrons. The second-order valence-corrected chi connectivity index (χ2v) is 6.90. The molecule has 0 fully saturated rings. The summed E-state index contributed by atoms with van der Waals surface area (Å²) in [6.07, 6.45) is 3.01. The highest BCUT2D eigenvalue weighted by Crippen LogP contribution is 2.26. The third-order valence-corrected chi connectivity index (χ3v) is 4.94. The molecule has 1 aromatic carbocycles. The fraction of sp³-hybridized carbons (Fsp3) is 0.381. The highest BCUT2D eigenvalue weighted by Gasteiger charge is 2.24. The van der Waals surface area contributed by atoms with Gasteiger partial charge >= 0.3 is 0 Å². The van der Waals surface area contributed by atoms with Gasteiger partial charge in [-0.1, -0.05) is 25.1 Å². The topological polar surface area (TPSA) is 60.2 Å². The number of carbonyl (C=O) groups excluding carboxylic acids is 1. The zero-order chi connectivity index (χ0) is 19.5. The number of benzene rings is 1. The molecule has 3 aromatic rings. The van der Waals surface area contributed by atoms with Crippen LogP contribution in [0.1, 0.15) is 25.6 Å². The highest BCUT2D eigenvalue weighted by atomic mass is 19.1. The number of aromatic nitrogens is 3. The van der Waals surface area contributed by atoms with Crippen LogP contribution in [0, 0.1) is 5.82 Å². The Morgan fingerprint density at radius 1 is 1.25 bits per heavy atom. The Balaban J connectivity index is 1.53. The summed E-state index contributed by atoms with van der Waals surface area (Å²) < 4.78 is 21.5. The molecular weight excluding hydrogens is 359 g/mol. The van der Waals surface area contributed by atoms with Gasteiger partial charge in [0.05, 0.1) is 19.6 Å². The second-order valence-electron chi connectivity index (χ2n) is 6.90. The van der Waals surface area contributed by atoms with Gasteiger partial charge in [-0.15, -0.1) is 0 Å². The van der Waals surface area contributed by atoms with Crippen molar-refractivity contribution in [2.45, 2.75) is 32.9 Å². The van der Waals surface area contributed by atoms with Crippen LogP contribution in [0.5, 0.6) is 0 Å². The summed E-state index contributed by atoms with van der Waals surface area (Å²) in [7, 11) is 0. The van der Waals surface area contributed by atoms with E-state index in [1.807, 2.05) is 22.5 Å². The van der Waals surface area contributed by atoms with Crippen LogP contribution in [0.2, 0.25) is 0 Å². The summed E-state index contributed by atoms with van der Waals surface area (Å²) in [4.78, 5) is 23.4. The molecule has 1 amide bonds. The van der Waals surface area contributed by atoms with E-state index in [-0.39, 0.29) is 11.7 Å². The lowest BCUT2D eigenvalue weighted by Gasteiger charge is -2.27. The minimum Gasteiger partial charge on any atom is -0.381 e. The standard InChI is InChI=1S/C21H23FN4O2/c1-2-10-28-11-7-20(27)25-8-9-26-19(14-25)24-18-12-15(13-23-21(18)26)16-5-3-4-6-17(16)22/h3-6,12-13H,2,7-11,14H2,1H3. The van der Waals surface area contributed by atoms with Crippen LogP contribution < -0.4 is 0 Å². The van der Waals surface area contributed by atoms with Gasteiger partial charge in [0.1, 0.15) is 17.2 Å². The van der Waals surface area contributed by atoms with Gasteiger partial charge in [0, 0.05) is 37.0 Å². The average Bonchev–Trinajstić information content (AvgIpc) is 3.08. The van der Waals surface area contributed by atoms with Crippen molar-refractivity contribution in [3.05, 3.63) is 48.2 Å². The maximum Gasteiger partial charge on any atom is 0.225 e. The molecule has 7 heteroatoms. The first-order valence-corrected chi connectivity index (χ1v) is 9.63. The van der Waals surface area contributed by atoms with E-state index in [0.717, 1.165) is 23.4 Å². The molecule has 2 aromatic heterocycles. The molecule has 0 saturated heterocycles. The Bertz CT molecular complexity index is 1000. The third-order valence-electron chi connectivity index (χ3n) is 4.94. The monoisotopic (exact) mass is 382 g/mol. The molecule has 0 saturated carbocycles. The molecule has 0 spiro atoms. The lowest BCUT2D eigenvalue weighted by Crippen LogP contribution is -2.38. The maximum absolute atomic E-state index is 14.1. The largest absolute Gasteiger partial charge is 0.381 e. The number of carbonyl (C=O) groups is 1. The van der Waals surface area contributed by atoms with E-state index < -0.39 is 0 Å². The Kier molecular flexibility index (Phi) is 5.34. The van der Waals surface area contributed by atoms with Crippen LogP contribution >= 0.6 is 0 Å². The van der Waals surface area contributed by atoms with Crippen LogP contribution in [-0.2, 0) is 22.6 Å². The molecule has 28 heavy (non-hydrogen) atoms. The fourth-order valence-electron chi connectivity index (χ4n) is 3.50. The van der Waals surface area contributed by atoms with Crippen molar-refractivity contribution in [3.8, 4) is 11.1 Å². The van der Waals surface area contributed by atoms with Crippen molar-refractivity contribution in [2.75, 3.05) is 19.8 Å². The molecule has 1 aliphatic heterocycles. The fourth-order valence-corrected chi connectivity index (χ4v) is 3.50. The third kappa shape index (κ3) is 3.62. The molecule has 0 unspecified atom stereocenters. The number of fused-ring (bicyclic) bond motifs is 3. The molecule has 0 N–H and O–H groups in total. The molecule has 6 nitrogen and oxygen atoms in total. The van der Waals surface area contributed by atoms with Crippen molar-refractivity contribution in [1.82, 2.24) is 19.4 Å². The Hall–Kier alpha value is -2.80. The van der Waals surface area contributed by atoms with E-state index in [9.17, 15) is 9.18 Å². The van der Waals surface area contributed by atoms with Gasteiger partial charge in [0.25, 0.3) is 0 Å². The van der Waals surface area contributed by atoms with E-state index in [1.54, 1.807) is 24.4 Å². The number of rotatable bonds is 6. The summed E-state index contributed by atoms with van der Waals surface area (Å²) >= 11 is 0. The van der Waals surface area contributed by atoms with E-state index >= 15 is 0 Å². The number of hydrogen-bond acceptors (Lipinski definition) is 4. The van der Waals surface area contributed by atoms with Crippen LogP contribution in [0.4, 0.5) is 4.39 Å². The van der Waals surface area contributed by atoms with Gasteiger partial charge in [-0.05, 0) is 18.6 Å². The quantitative estimate of drug-likeness (QED) is 0.613. The molecular formula is C21H23FN4O2. The Morgan fingerprint density at radius 3 is 2.93 bits per heavy atom. The average molecular weight is 382 g/mol. The summed E-state index contributed by atoms with van der Waals surface area (Å²) in [5, 5.41) is 0.